The number of benzene rings is 1. The van der Waals surface area contributed by atoms with E-state index < -0.39 is 0 Å². The minimum absolute atomic E-state index is 0.546. The lowest BCUT2D eigenvalue weighted by Gasteiger charge is -1.84. The van der Waals surface area contributed by atoms with Crippen molar-refractivity contribution in [3.8, 4) is 0 Å². The molecule has 2 aromatic rings. The Bertz CT molecular complexity index is 485. The van der Waals surface area contributed by atoms with Gasteiger partial charge in [-0.3, -0.25) is 0 Å². The predicted octanol–water partition coefficient (Wildman–Crippen LogP) is 1.07. The van der Waals surface area contributed by atoms with Crippen LogP contribution in [0.25, 0.3) is 11.0 Å². The van der Waals surface area contributed by atoms with Crippen LogP contribution in [0.15, 0.2) is 18.2 Å². The average molecular weight is 185 g/mol. The van der Waals surface area contributed by atoms with Crippen LogP contribution in [0.4, 0.5) is 0 Å². The van der Waals surface area contributed by atoms with Crippen LogP contribution in [0, 0.1) is 4.91 Å². The van der Waals surface area contributed by atoms with Crippen LogP contribution < -0.4 is 4.54 Å². The van der Waals surface area contributed by atoms with E-state index in [0.29, 0.717) is 15.1 Å². The maximum Gasteiger partial charge on any atom is 0.250 e. The number of H-pyrrole nitrogens is 1. The first kappa shape index (κ1) is 7.36. The van der Waals surface area contributed by atoms with Crippen LogP contribution in [0.3, 0.4) is 0 Å². The molecule has 0 saturated carbocycles. The summed E-state index contributed by atoms with van der Waals surface area (Å²) in [5.41, 5.74) is 1.37. The van der Waals surface area contributed by atoms with Gasteiger partial charge in [0.2, 0.25) is 0 Å². The molecule has 2 rings (SSSR count). The summed E-state index contributed by atoms with van der Waals surface area (Å²) in [5, 5.41) is 3.12. The Hall–Kier alpha value is -1.29. The maximum absolute atomic E-state index is 11.1. The number of fused-ring (bicyclic) bond motifs is 1. The second-order valence-electron chi connectivity index (χ2n) is 2.59. The molecule has 0 aliphatic carbocycles. The molecule has 0 atom stereocenters. The Morgan fingerprint density at radius 1 is 1.58 bits per heavy atom. The maximum atomic E-state index is 11.1. The second kappa shape index (κ2) is 2.35. The highest BCUT2D eigenvalue weighted by Crippen LogP contribution is 2.14. The van der Waals surface area contributed by atoms with Crippen LogP contribution >= 0.6 is 11.6 Å². The highest BCUT2D eigenvalue weighted by atomic mass is 35.5. The molecular formula is C7H7ClN3O+. The van der Waals surface area contributed by atoms with E-state index in [1.54, 1.807) is 29.9 Å². The number of aromatic nitrogens is 3. The molecule has 1 aromatic heterocycles. The first-order valence-electron chi connectivity index (χ1n) is 3.45. The molecule has 0 radical (unpaired) electrons. The van der Waals surface area contributed by atoms with Gasteiger partial charge < -0.3 is 0 Å². The van der Waals surface area contributed by atoms with Crippen molar-refractivity contribution in [2.75, 3.05) is 0 Å². The van der Waals surface area contributed by atoms with E-state index in [9.17, 15) is 4.91 Å². The van der Waals surface area contributed by atoms with Crippen molar-refractivity contribution in [2.24, 2.45) is 7.05 Å². The van der Waals surface area contributed by atoms with E-state index in [1.807, 2.05) is 0 Å². The molecule has 0 spiro atoms. The monoisotopic (exact) mass is 184 g/mol. The summed E-state index contributed by atoms with van der Waals surface area (Å²) in [6.07, 6.45) is 0. The van der Waals surface area contributed by atoms with Crippen molar-refractivity contribution in [3.63, 3.8) is 0 Å². The van der Waals surface area contributed by atoms with Gasteiger partial charge in [0.25, 0.3) is 5.52 Å². The van der Waals surface area contributed by atoms with Gasteiger partial charge in [-0.2, -0.15) is 4.68 Å². The van der Waals surface area contributed by atoms with Crippen molar-refractivity contribution in [2.45, 2.75) is 0 Å². The third-order valence-electron chi connectivity index (χ3n) is 1.76. The molecular weight excluding hydrogens is 178 g/mol. The van der Waals surface area contributed by atoms with E-state index in [2.05, 4.69) is 5.21 Å². The molecule has 0 amide bonds. The quantitative estimate of drug-likeness (QED) is 0.612. The average Bonchev–Trinajstić information content (AvgIpc) is 2.28. The van der Waals surface area contributed by atoms with Crippen molar-refractivity contribution in [1.82, 2.24) is 9.90 Å². The van der Waals surface area contributed by atoms with Crippen molar-refractivity contribution < 1.29 is 4.54 Å². The molecule has 12 heavy (non-hydrogen) atoms. The molecule has 1 heterocycles. The molecule has 1 N–H and O–H groups in total. The normalized spacial score (nSPS) is 10.8. The molecule has 0 aliphatic heterocycles. The molecule has 4 nitrogen and oxygen atoms in total. The lowest BCUT2D eigenvalue weighted by Crippen LogP contribution is -2.16. The lowest BCUT2D eigenvalue weighted by molar-refractivity contribution is -0.540. The summed E-state index contributed by atoms with van der Waals surface area (Å²) in [5.74, 6) is 0. The molecule has 62 valence electrons. The van der Waals surface area contributed by atoms with Crippen LogP contribution in [-0.4, -0.2) is 9.90 Å². The standard InChI is InChI=1S/C7H7ClN3O/c1-10-6-3-2-5(8)4-7(6)11(12)9-10/h2-4H,1H3,(H,9,12)/q+1. The van der Waals surface area contributed by atoms with Crippen LogP contribution in [0.2, 0.25) is 5.02 Å². The number of rotatable bonds is 0. The fourth-order valence-electron chi connectivity index (χ4n) is 1.19. The largest absolute Gasteiger partial charge is 0.250 e. The summed E-state index contributed by atoms with van der Waals surface area (Å²) in [6.45, 7) is 0. The number of hydrogen-bond donors (Lipinski definition) is 1. The molecule has 1 aromatic carbocycles. The third-order valence-corrected chi connectivity index (χ3v) is 1.99. The minimum atomic E-state index is 0.546. The number of nitrogens with zero attached hydrogens (tertiary/aromatic N) is 2. The van der Waals surface area contributed by atoms with Crippen molar-refractivity contribution in [1.29, 1.82) is 0 Å². The molecule has 0 fully saturated rings. The number of hydrogen-bond acceptors (Lipinski definition) is 1. The summed E-state index contributed by atoms with van der Waals surface area (Å²) in [4.78, 5) is 11.1. The van der Waals surface area contributed by atoms with Crippen molar-refractivity contribution in [3.05, 3.63) is 28.1 Å². The topological polar surface area (TPSA) is 43.7 Å². The van der Waals surface area contributed by atoms with E-state index in [4.69, 9.17) is 11.6 Å². The zero-order valence-corrected chi connectivity index (χ0v) is 7.17. The smallest absolute Gasteiger partial charge is 0.158 e. The van der Waals surface area contributed by atoms with Gasteiger partial charge in [-0.15, -0.1) is 0 Å². The lowest BCUT2D eigenvalue weighted by atomic mass is 10.3. The fraction of sp³-hybridized carbons (Fsp3) is 0.143. The first-order valence-corrected chi connectivity index (χ1v) is 3.83. The van der Waals surface area contributed by atoms with Crippen LogP contribution in [-0.2, 0) is 7.05 Å². The Morgan fingerprint density at radius 3 is 3.08 bits per heavy atom. The summed E-state index contributed by atoms with van der Waals surface area (Å²) < 4.78 is 2.32. The zero-order chi connectivity index (χ0) is 8.72. The highest BCUT2D eigenvalue weighted by Gasteiger charge is 2.10. The van der Waals surface area contributed by atoms with Gasteiger partial charge in [0.15, 0.2) is 5.52 Å². The Labute approximate surface area is 72.9 Å². The number of aromatic amines is 1. The van der Waals surface area contributed by atoms with Crippen LogP contribution in [0.5, 0.6) is 0 Å². The van der Waals surface area contributed by atoms with Gasteiger partial charge in [0.1, 0.15) is 7.05 Å². The highest BCUT2D eigenvalue weighted by molar-refractivity contribution is 6.31. The zero-order valence-electron chi connectivity index (χ0n) is 6.41. The van der Waals surface area contributed by atoms with Gasteiger partial charge in [0, 0.05) is 11.1 Å². The van der Waals surface area contributed by atoms with E-state index in [1.165, 1.54) is 0 Å². The molecule has 0 saturated heterocycles. The Balaban J connectivity index is 3.00. The first-order chi connectivity index (χ1) is 5.68. The Kier molecular flexibility index (Phi) is 1.44. The summed E-state index contributed by atoms with van der Waals surface area (Å²) >= 11 is 5.72. The van der Waals surface area contributed by atoms with Crippen molar-refractivity contribution >= 4 is 22.6 Å². The van der Waals surface area contributed by atoms with E-state index >= 15 is 0 Å². The van der Waals surface area contributed by atoms with Crippen LogP contribution in [0.1, 0.15) is 0 Å². The number of aryl methyl sites for hydroxylation is 1. The Morgan fingerprint density at radius 2 is 2.33 bits per heavy atom. The SMILES string of the molecule is Cn1[nH][n+](=O)c2cc(Cl)ccc21. The number of nitrogens with one attached hydrogen (secondary N) is 1. The fourth-order valence-corrected chi connectivity index (χ4v) is 1.35. The minimum Gasteiger partial charge on any atom is -0.158 e. The van der Waals surface area contributed by atoms with Gasteiger partial charge in [-0.25, -0.2) is 0 Å². The van der Waals surface area contributed by atoms with Gasteiger partial charge >= 0.3 is 0 Å². The summed E-state index contributed by atoms with van der Waals surface area (Å²) in [7, 11) is 1.77. The third kappa shape index (κ3) is 0.921. The molecule has 0 aliphatic rings. The van der Waals surface area contributed by atoms with Gasteiger partial charge in [-0.1, -0.05) is 16.8 Å². The van der Waals surface area contributed by atoms with E-state index in [-0.39, 0.29) is 0 Å². The van der Waals surface area contributed by atoms with E-state index in [0.717, 1.165) is 5.52 Å². The molecule has 0 bridgehead atoms. The number of halogens is 1. The van der Waals surface area contributed by atoms with Gasteiger partial charge in [-0.05, 0) is 17.0 Å². The second-order valence-corrected chi connectivity index (χ2v) is 3.02. The predicted molar refractivity (Wildman–Crippen MR) is 45.6 cm³/mol. The van der Waals surface area contributed by atoms with Gasteiger partial charge in [0.05, 0.1) is 4.54 Å². The molecule has 5 heteroatoms. The molecule has 0 unspecified atom stereocenters. The summed E-state index contributed by atoms with van der Waals surface area (Å²) in [6, 6.07) is 5.17.